The van der Waals surface area contributed by atoms with E-state index >= 15 is 0 Å². The molecule has 144 valence electrons. The number of benzene rings is 2. The minimum Gasteiger partial charge on any atom is -0.452 e. The van der Waals surface area contributed by atoms with E-state index in [1.165, 1.54) is 6.07 Å². The molecule has 0 radical (unpaired) electrons. The summed E-state index contributed by atoms with van der Waals surface area (Å²) in [4.78, 5) is 26.1. The van der Waals surface area contributed by atoms with Crippen LogP contribution in [0.3, 0.4) is 0 Å². The van der Waals surface area contributed by atoms with E-state index in [0.29, 0.717) is 11.7 Å². The predicted octanol–water partition coefficient (Wildman–Crippen LogP) is 4.51. The summed E-state index contributed by atoms with van der Waals surface area (Å²) in [5.74, 6) is -2.23. The van der Waals surface area contributed by atoms with Crippen LogP contribution in [0.5, 0.6) is 0 Å². The second-order valence-corrected chi connectivity index (χ2v) is 6.61. The summed E-state index contributed by atoms with van der Waals surface area (Å²) in [5.41, 5.74) is 1.31. The largest absolute Gasteiger partial charge is 0.452 e. The minimum absolute atomic E-state index is 0.204. The number of hydrogen-bond donors (Lipinski definition) is 1. The Labute approximate surface area is 163 Å². The first kappa shape index (κ1) is 20.7. The van der Waals surface area contributed by atoms with E-state index in [9.17, 15) is 14.0 Å². The third kappa shape index (κ3) is 5.69. The quantitative estimate of drug-likeness (QED) is 0.704. The van der Waals surface area contributed by atoms with Crippen LogP contribution in [-0.4, -0.2) is 31.1 Å². The number of hydrogen-bond acceptors (Lipinski definition) is 4. The molecule has 0 bridgehead atoms. The first-order valence-electron chi connectivity index (χ1n) is 8.60. The Balaban J connectivity index is 1.92. The van der Waals surface area contributed by atoms with Crippen LogP contribution in [0, 0.1) is 5.82 Å². The lowest BCUT2D eigenvalue weighted by molar-refractivity contribution is -0.119. The first-order valence-corrected chi connectivity index (χ1v) is 8.98. The highest BCUT2D eigenvalue weighted by molar-refractivity contribution is 6.30. The number of nitrogens with one attached hydrogen (secondary N) is 1. The summed E-state index contributed by atoms with van der Waals surface area (Å²) in [7, 11) is 0. The molecule has 1 N–H and O–H groups in total. The molecule has 0 heterocycles. The van der Waals surface area contributed by atoms with Crippen molar-refractivity contribution in [2.45, 2.75) is 26.8 Å². The summed E-state index contributed by atoms with van der Waals surface area (Å²) >= 11 is 5.74. The zero-order valence-electron chi connectivity index (χ0n) is 15.5. The van der Waals surface area contributed by atoms with Gasteiger partial charge in [0, 0.05) is 29.0 Å². The van der Waals surface area contributed by atoms with Gasteiger partial charge in [-0.1, -0.05) is 11.6 Å². The average Bonchev–Trinajstić information content (AvgIpc) is 2.63. The summed E-state index contributed by atoms with van der Waals surface area (Å²) in [5, 5.41) is 2.84. The molecule has 0 atom stereocenters. The van der Waals surface area contributed by atoms with Crippen LogP contribution in [0.4, 0.5) is 15.8 Å². The lowest BCUT2D eigenvalue weighted by atomic mass is 10.2. The molecular formula is C20H22ClFN2O3. The zero-order valence-corrected chi connectivity index (χ0v) is 16.2. The highest BCUT2D eigenvalue weighted by Crippen LogP contribution is 2.20. The molecular weight excluding hydrogens is 371 g/mol. The highest BCUT2D eigenvalue weighted by atomic mass is 35.5. The van der Waals surface area contributed by atoms with Gasteiger partial charge in [0.1, 0.15) is 5.82 Å². The van der Waals surface area contributed by atoms with Crippen molar-refractivity contribution in [3.05, 3.63) is 58.9 Å². The van der Waals surface area contributed by atoms with Crippen molar-refractivity contribution < 1.29 is 18.7 Å². The second kappa shape index (κ2) is 9.37. The number of anilines is 2. The minimum atomic E-state index is -0.948. The third-order valence-corrected chi connectivity index (χ3v) is 4.16. The van der Waals surface area contributed by atoms with Crippen LogP contribution in [-0.2, 0) is 9.53 Å². The maximum atomic E-state index is 13.6. The number of rotatable bonds is 7. The van der Waals surface area contributed by atoms with Crippen LogP contribution in [0.25, 0.3) is 0 Å². The summed E-state index contributed by atoms with van der Waals surface area (Å²) in [6.07, 6.45) is 0. The number of carbonyl (C=O) groups excluding carboxylic acids is 2. The summed E-state index contributed by atoms with van der Waals surface area (Å²) in [6.45, 7) is 6.64. The van der Waals surface area contributed by atoms with E-state index in [2.05, 4.69) is 31.0 Å². The highest BCUT2D eigenvalue weighted by Gasteiger charge is 2.15. The fourth-order valence-electron chi connectivity index (χ4n) is 2.64. The molecule has 0 aromatic heterocycles. The molecule has 2 rings (SSSR count). The standard InChI is InChI=1S/C20H22ClFN2O3/c1-4-24(13(2)3)16-8-6-15(7-9-16)23-19(25)12-27-20(26)17-11-14(21)5-10-18(17)22/h5-11,13H,4,12H2,1-3H3,(H,23,25). The molecule has 0 fully saturated rings. The molecule has 2 aromatic carbocycles. The number of esters is 1. The van der Waals surface area contributed by atoms with Gasteiger partial charge < -0.3 is 15.0 Å². The first-order chi connectivity index (χ1) is 12.8. The Morgan fingerprint density at radius 2 is 1.85 bits per heavy atom. The van der Waals surface area contributed by atoms with E-state index in [-0.39, 0.29) is 10.6 Å². The van der Waals surface area contributed by atoms with Crippen LogP contribution >= 0.6 is 11.6 Å². The number of amides is 1. The summed E-state index contributed by atoms with van der Waals surface area (Å²) in [6, 6.07) is 11.3. The fraction of sp³-hybridized carbons (Fsp3) is 0.300. The topological polar surface area (TPSA) is 58.6 Å². The Morgan fingerprint density at radius 1 is 1.19 bits per heavy atom. The fourth-order valence-corrected chi connectivity index (χ4v) is 2.81. The van der Waals surface area contributed by atoms with Crippen molar-refractivity contribution in [1.29, 1.82) is 0 Å². The molecule has 27 heavy (non-hydrogen) atoms. The van der Waals surface area contributed by atoms with E-state index < -0.39 is 24.3 Å². The van der Waals surface area contributed by atoms with Crippen molar-refractivity contribution in [2.75, 3.05) is 23.4 Å². The molecule has 1 amide bonds. The van der Waals surface area contributed by atoms with Crippen LogP contribution in [0.2, 0.25) is 5.02 Å². The third-order valence-electron chi connectivity index (χ3n) is 3.93. The van der Waals surface area contributed by atoms with Gasteiger partial charge >= 0.3 is 5.97 Å². The van der Waals surface area contributed by atoms with Gasteiger partial charge in [-0.3, -0.25) is 4.79 Å². The van der Waals surface area contributed by atoms with Crippen molar-refractivity contribution >= 4 is 34.9 Å². The summed E-state index contributed by atoms with van der Waals surface area (Å²) < 4.78 is 18.5. The van der Waals surface area contributed by atoms with Crippen LogP contribution in [0.1, 0.15) is 31.1 Å². The molecule has 0 aliphatic carbocycles. The number of nitrogens with zero attached hydrogens (tertiary/aromatic N) is 1. The Hall–Kier alpha value is -2.60. The monoisotopic (exact) mass is 392 g/mol. The molecule has 0 saturated carbocycles. The molecule has 0 spiro atoms. The Morgan fingerprint density at radius 3 is 2.44 bits per heavy atom. The van der Waals surface area contributed by atoms with Crippen LogP contribution < -0.4 is 10.2 Å². The normalized spacial score (nSPS) is 10.6. The van der Waals surface area contributed by atoms with E-state index in [0.717, 1.165) is 24.4 Å². The van der Waals surface area contributed by atoms with Crippen molar-refractivity contribution in [2.24, 2.45) is 0 Å². The van der Waals surface area contributed by atoms with Crippen LogP contribution in [0.15, 0.2) is 42.5 Å². The average molecular weight is 393 g/mol. The van der Waals surface area contributed by atoms with Crippen molar-refractivity contribution in [3.63, 3.8) is 0 Å². The molecule has 7 heteroatoms. The second-order valence-electron chi connectivity index (χ2n) is 6.18. The number of carbonyl (C=O) groups is 2. The van der Waals surface area contributed by atoms with E-state index in [1.54, 1.807) is 12.1 Å². The van der Waals surface area contributed by atoms with Gasteiger partial charge in [-0.2, -0.15) is 0 Å². The molecule has 0 aliphatic rings. The van der Waals surface area contributed by atoms with Crippen molar-refractivity contribution in [3.8, 4) is 0 Å². The van der Waals surface area contributed by atoms with E-state index in [1.807, 2.05) is 12.1 Å². The van der Waals surface area contributed by atoms with Gasteiger partial charge in [-0.05, 0) is 63.2 Å². The van der Waals surface area contributed by atoms with Gasteiger partial charge in [0.05, 0.1) is 5.56 Å². The molecule has 2 aromatic rings. The number of halogens is 2. The molecule has 5 nitrogen and oxygen atoms in total. The number of ether oxygens (including phenoxy) is 1. The molecule has 0 aliphatic heterocycles. The zero-order chi connectivity index (χ0) is 20.0. The van der Waals surface area contributed by atoms with Gasteiger partial charge in [-0.15, -0.1) is 0 Å². The maximum absolute atomic E-state index is 13.6. The van der Waals surface area contributed by atoms with Gasteiger partial charge in [0.15, 0.2) is 6.61 Å². The van der Waals surface area contributed by atoms with Crippen molar-refractivity contribution in [1.82, 2.24) is 0 Å². The lowest BCUT2D eigenvalue weighted by Crippen LogP contribution is -2.30. The molecule has 0 unspecified atom stereocenters. The van der Waals surface area contributed by atoms with Gasteiger partial charge in [-0.25, -0.2) is 9.18 Å². The maximum Gasteiger partial charge on any atom is 0.341 e. The van der Waals surface area contributed by atoms with E-state index in [4.69, 9.17) is 16.3 Å². The smallest absolute Gasteiger partial charge is 0.341 e. The Kier molecular flexibility index (Phi) is 7.19. The lowest BCUT2D eigenvalue weighted by Gasteiger charge is -2.27. The van der Waals surface area contributed by atoms with Gasteiger partial charge in [0.25, 0.3) is 5.91 Å². The van der Waals surface area contributed by atoms with Gasteiger partial charge in [0.2, 0.25) is 0 Å². The molecule has 0 saturated heterocycles. The Bertz CT molecular complexity index is 809. The predicted molar refractivity (Wildman–Crippen MR) is 105 cm³/mol. The SMILES string of the molecule is CCN(c1ccc(NC(=O)COC(=O)c2cc(Cl)ccc2F)cc1)C(C)C.